The van der Waals surface area contributed by atoms with Crippen molar-refractivity contribution >= 4 is 33.5 Å². The third-order valence-electron chi connectivity index (χ3n) is 4.40. The average molecular weight is 368 g/mol. The molecule has 132 valence electrons. The van der Waals surface area contributed by atoms with Crippen LogP contribution in [0.15, 0.2) is 33.9 Å². The molecule has 0 saturated heterocycles. The van der Waals surface area contributed by atoms with Crippen molar-refractivity contribution in [2.24, 2.45) is 0 Å². The van der Waals surface area contributed by atoms with Gasteiger partial charge in [0, 0.05) is 12.1 Å². The van der Waals surface area contributed by atoms with Gasteiger partial charge in [0.2, 0.25) is 4.96 Å². The number of unbranched alkanes of at least 4 members (excludes halogenated alkanes) is 1. The SMILES string of the molecule is CCCCN1C(=O)C(=c2sc3nc(=O)c(C)nn3c2=O)c2ccccc21. The number of benzene rings is 1. The summed E-state index contributed by atoms with van der Waals surface area (Å²) in [5.41, 5.74) is 1.17. The van der Waals surface area contributed by atoms with E-state index in [1.807, 2.05) is 24.3 Å². The molecule has 4 rings (SSSR count). The van der Waals surface area contributed by atoms with Gasteiger partial charge in [-0.25, -0.2) is 0 Å². The molecule has 0 saturated carbocycles. The molecule has 8 heteroatoms. The first kappa shape index (κ1) is 16.6. The van der Waals surface area contributed by atoms with Gasteiger partial charge in [-0.15, -0.1) is 0 Å². The van der Waals surface area contributed by atoms with Crippen LogP contribution in [0.4, 0.5) is 5.69 Å². The molecule has 2 aromatic heterocycles. The highest BCUT2D eigenvalue weighted by molar-refractivity contribution is 7.15. The first-order valence-electron chi connectivity index (χ1n) is 8.39. The van der Waals surface area contributed by atoms with E-state index in [0.717, 1.165) is 39.9 Å². The number of aryl methyl sites for hydroxylation is 1. The molecule has 0 N–H and O–H groups in total. The number of fused-ring (bicyclic) bond motifs is 2. The van der Waals surface area contributed by atoms with E-state index >= 15 is 0 Å². The summed E-state index contributed by atoms with van der Waals surface area (Å²) in [5.74, 6) is -0.192. The number of aromatic nitrogens is 3. The molecule has 7 nitrogen and oxygen atoms in total. The van der Waals surface area contributed by atoms with Crippen LogP contribution in [0.1, 0.15) is 31.0 Å². The van der Waals surface area contributed by atoms with Crippen molar-refractivity contribution in [3.63, 3.8) is 0 Å². The second-order valence-electron chi connectivity index (χ2n) is 6.14. The number of thiazole rings is 1. The second-order valence-corrected chi connectivity index (χ2v) is 7.11. The van der Waals surface area contributed by atoms with Crippen molar-refractivity contribution in [1.29, 1.82) is 0 Å². The maximum absolute atomic E-state index is 13.1. The first-order chi connectivity index (χ1) is 12.5. The molecular weight excluding hydrogens is 352 g/mol. The van der Waals surface area contributed by atoms with Crippen LogP contribution in [0.5, 0.6) is 0 Å². The van der Waals surface area contributed by atoms with Crippen LogP contribution in [0.25, 0.3) is 10.5 Å². The van der Waals surface area contributed by atoms with E-state index in [2.05, 4.69) is 17.0 Å². The third kappa shape index (κ3) is 2.37. The summed E-state index contributed by atoms with van der Waals surface area (Å²) in [7, 11) is 0. The molecule has 0 bridgehead atoms. The molecule has 1 aliphatic heterocycles. The first-order valence-corrected chi connectivity index (χ1v) is 9.20. The molecule has 1 aliphatic rings. The summed E-state index contributed by atoms with van der Waals surface area (Å²) in [6, 6.07) is 7.45. The Balaban J connectivity index is 2.05. The molecule has 0 spiro atoms. The van der Waals surface area contributed by atoms with E-state index in [-0.39, 0.29) is 21.1 Å². The fourth-order valence-electron chi connectivity index (χ4n) is 3.08. The van der Waals surface area contributed by atoms with Crippen molar-refractivity contribution in [2.75, 3.05) is 11.4 Å². The summed E-state index contributed by atoms with van der Waals surface area (Å²) >= 11 is 1.03. The van der Waals surface area contributed by atoms with Gasteiger partial charge in [0.25, 0.3) is 17.0 Å². The van der Waals surface area contributed by atoms with Gasteiger partial charge in [0.1, 0.15) is 10.2 Å². The van der Waals surface area contributed by atoms with E-state index in [1.54, 1.807) is 4.90 Å². The lowest BCUT2D eigenvalue weighted by Gasteiger charge is -2.16. The summed E-state index contributed by atoms with van der Waals surface area (Å²) in [4.78, 5) is 43.5. The second kappa shape index (κ2) is 6.14. The number of hydrogen-bond donors (Lipinski definition) is 0. The zero-order valence-corrected chi connectivity index (χ0v) is 15.2. The number of carbonyl (C=O) groups excluding carboxylic acids is 1. The Morgan fingerprint density at radius 1 is 1.15 bits per heavy atom. The molecule has 0 radical (unpaired) electrons. The minimum absolute atomic E-state index is 0.150. The molecule has 1 aromatic carbocycles. The lowest BCUT2D eigenvalue weighted by Crippen LogP contribution is -2.33. The molecule has 0 aliphatic carbocycles. The maximum atomic E-state index is 13.1. The Bertz CT molecular complexity index is 1210. The van der Waals surface area contributed by atoms with E-state index in [9.17, 15) is 14.4 Å². The fourth-order valence-corrected chi connectivity index (χ4v) is 4.07. The maximum Gasteiger partial charge on any atom is 0.295 e. The number of anilines is 1. The largest absolute Gasteiger partial charge is 0.308 e. The van der Waals surface area contributed by atoms with Crippen molar-refractivity contribution in [1.82, 2.24) is 14.6 Å². The number of rotatable bonds is 3. The van der Waals surface area contributed by atoms with Crippen LogP contribution in [0, 0.1) is 6.92 Å². The summed E-state index contributed by atoms with van der Waals surface area (Å²) < 4.78 is 1.38. The molecule has 3 heterocycles. The fraction of sp³-hybridized carbons (Fsp3) is 0.278. The Hall–Kier alpha value is -2.87. The highest BCUT2D eigenvalue weighted by Gasteiger charge is 2.33. The normalized spacial score (nSPS) is 15.8. The van der Waals surface area contributed by atoms with Crippen LogP contribution in [0.3, 0.4) is 0 Å². The van der Waals surface area contributed by atoms with Gasteiger partial charge in [-0.05, 0) is 19.4 Å². The average Bonchev–Trinajstić information content (AvgIpc) is 3.08. The lowest BCUT2D eigenvalue weighted by molar-refractivity contribution is -0.113. The standard InChI is InChI=1S/C18H16N4O3S/c1-3-4-9-21-12-8-6-5-7-11(12)13(16(21)24)14-17(25)22-18(26-14)19-15(23)10(2)20-22/h5-8H,3-4,9H2,1-2H3. The molecular formula is C18H16N4O3S. The summed E-state index contributed by atoms with van der Waals surface area (Å²) in [5, 5.41) is 4.02. The zero-order valence-electron chi connectivity index (χ0n) is 14.4. The molecule has 0 fully saturated rings. The van der Waals surface area contributed by atoms with Gasteiger partial charge < -0.3 is 4.90 Å². The Morgan fingerprint density at radius 3 is 2.69 bits per heavy atom. The van der Waals surface area contributed by atoms with Gasteiger partial charge in [-0.3, -0.25) is 14.4 Å². The van der Waals surface area contributed by atoms with Crippen molar-refractivity contribution in [3.8, 4) is 0 Å². The molecule has 0 atom stereocenters. The van der Waals surface area contributed by atoms with Crippen LogP contribution in [-0.2, 0) is 4.79 Å². The van der Waals surface area contributed by atoms with Crippen molar-refractivity contribution in [3.05, 3.63) is 60.8 Å². The zero-order chi connectivity index (χ0) is 18.4. The highest BCUT2D eigenvalue weighted by Crippen LogP contribution is 2.35. The van der Waals surface area contributed by atoms with Crippen LogP contribution in [0.2, 0.25) is 0 Å². The Kier molecular flexibility index (Phi) is 3.91. The van der Waals surface area contributed by atoms with Crippen LogP contribution in [-0.4, -0.2) is 27.0 Å². The van der Waals surface area contributed by atoms with Crippen LogP contribution < -0.4 is 20.6 Å². The minimum Gasteiger partial charge on any atom is -0.308 e. The number of carbonyl (C=O) groups is 1. The summed E-state index contributed by atoms with van der Waals surface area (Å²) in [6.07, 6.45) is 1.84. The van der Waals surface area contributed by atoms with E-state index in [1.165, 1.54) is 6.92 Å². The van der Waals surface area contributed by atoms with Gasteiger partial charge >= 0.3 is 0 Å². The molecule has 26 heavy (non-hydrogen) atoms. The predicted octanol–water partition coefficient (Wildman–Crippen LogP) is 0.884. The molecule has 1 amide bonds. The van der Waals surface area contributed by atoms with Gasteiger partial charge in [-0.1, -0.05) is 42.9 Å². The van der Waals surface area contributed by atoms with Crippen LogP contribution >= 0.6 is 11.3 Å². The van der Waals surface area contributed by atoms with E-state index < -0.39 is 11.1 Å². The predicted molar refractivity (Wildman–Crippen MR) is 99.6 cm³/mol. The minimum atomic E-state index is -0.467. The molecule has 0 unspecified atom stereocenters. The molecule has 3 aromatic rings. The third-order valence-corrected chi connectivity index (χ3v) is 5.43. The quantitative estimate of drug-likeness (QED) is 0.685. The van der Waals surface area contributed by atoms with Crippen molar-refractivity contribution < 1.29 is 4.79 Å². The highest BCUT2D eigenvalue weighted by atomic mass is 32.1. The Morgan fingerprint density at radius 2 is 1.92 bits per heavy atom. The number of para-hydroxylation sites is 1. The number of amides is 1. The van der Waals surface area contributed by atoms with Gasteiger partial charge in [0.15, 0.2) is 0 Å². The lowest BCUT2D eigenvalue weighted by atomic mass is 10.1. The summed E-state index contributed by atoms with van der Waals surface area (Å²) in [6.45, 7) is 4.17. The van der Waals surface area contributed by atoms with Gasteiger partial charge in [-0.2, -0.15) is 14.6 Å². The topological polar surface area (TPSA) is 84.6 Å². The van der Waals surface area contributed by atoms with E-state index in [4.69, 9.17) is 0 Å². The smallest absolute Gasteiger partial charge is 0.295 e. The Labute approximate surface area is 152 Å². The van der Waals surface area contributed by atoms with E-state index in [0.29, 0.717) is 12.1 Å². The van der Waals surface area contributed by atoms with Gasteiger partial charge in [0.05, 0.1) is 11.3 Å². The monoisotopic (exact) mass is 368 g/mol. The number of hydrogen-bond acceptors (Lipinski definition) is 6. The van der Waals surface area contributed by atoms with Crippen molar-refractivity contribution in [2.45, 2.75) is 26.7 Å². The number of nitrogens with zero attached hydrogens (tertiary/aromatic N) is 4.